The zero-order chi connectivity index (χ0) is 15.5. The van der Waals surface area contributed by atoms with E-state index in [0.29, 0.717) is 11.5 Å². The van der Waals surface area contributed by atoms with Crippen LogP contribution in [0, 0.1) is 6.92 Å². The van der Waals surface area contributed by atoms with E-state index in [9.17, 15) is 9.59 Å². The number of pyridine rings is 1. The molecule has 3 rings (SSSR count). The van der Waals surface area contributed by atoms with Crippen LogP contribution in [0.2, 0.25) is 0 Å². The fraction of sp³-hybridized carbons (Fsp3) is 0.0667. The number of amides is 1. The highest BCUT2D eigenvalue weighted by molar-refractivity contribution is 6.03. The molecular weight excluding hydrogens is 284 g/mol. The van der Waals surface area contributed by atoms with Crippen LogP contribution >= 0.6 is 0 Å². The van der Waals surface area contributed by atoms with E-state index in [1.54, 1.807) is 24.5 Å². The van der Waals surface area contributed by atoms with Crippen LogP contribution in [0.4, 0.5) is 5.69 Å². The third-order valence-corrected chi connectivity index (χ3v) is 3.04. The fourth-order valence-electron chi connectivity index (χ4n) is 1.91. The second-order valence-corrected chi connectivity index (χ2v) is 4.55. The van der Waals surface area contributed by atoms with Crippen molar-refractivity contribution in [1.29, 1.82) is 0 Å². The van der Waals surface area contributed by atoms with Gasteiger partial charge in [-0.3, -0.25) is 9.36 Å². The molecule has 110 valence electrons. The summed E-state index contributed by atoms with van der Waals surface area (Å²) in [4.78, 5) is 31.2. The van der Waals surface area contributed by atoms with Crippen LogP contribution in [0.5, 0.6) is 0 Å². The predicted molar refractivity (Wildman–Crippen MR) is 79.0 cm³/mol. The topological polar surface area (TPSA) is 90.0 Å². The molecule has 0 saturated heterocycles. The Bertz CT molecular complexity index is 844. The van der Waals surface area contributed by atoms with Crippen LogP contribution < -0.4 is 10.9 Å². The van der Waals surface area contributed by atoms with Crippen molar-refractivity contribution in [1.82, 2.24) is 14.5 Å². The Hall–Kier alpha value is -3.22. The van der Waals surface area contributed by atoms with E-state index >= 15 is 0 Å². The van der Waals surface area contributed by atoms with E-state index in [-0.39, 0.29) is 11.5 Å². The Kier molecular flexibility index (Phi) is 3.53. The molecule has 7 heteroatoms. The second kappa shape index (κ2) is 5.65. The minimum Gasteiger partial charge on any atom is -0.430 e. The standard InChI is InChI=1S/C15H12N4O3/c1-10-16-6-7-19(10)13-4-3-12(8-17-13)18-15(21)11-2-5-14(20)22-9-11/h2-9H,1H3,(H,18,21). The third-order valence-electron chi connectivity index (χ3n) is 3.04. The quantitative estimate of drug-likeness (QED) is 0.795. The maximum Gasteiger partial charge on any atom is 0.335 e. The van der Waals surface area contributed by atoms with Crippen LogP contribution in [0.3, 0.4) is 0 Å². The maximum atomic E-state index is 12.0. The predicted octanol–water partition coefficient (Wildman–Crippen LogP) is 1.78. The van der Waals surface area contributed by atoms with Crippen LogP contribution in [-0.2, 0) is 0 Å². The van der Waals surface area contributed by atoms with Gasteiger partial charge in [-0.15, -0.1) is 0 Å². The van der Waals surface area contributed by atoms with E-state index in [0.717, 1.165) is 12.1 Å². The molecule has 0 bridgehead atoms. The molecule has 0 aliphatic heterocycles. The largest absolute Gasteiger partial charge is 0.430 e. The van der Waals surface area contributed by atoms with E-state index in [1.807, 2.05) is 17.7 Å². The third kappa shape index (κ3) is 2.78. The lowest BCUT2D eigenvalue weighted by Gasteiger charge is -2.07. The van der Waals surface area contributed by atoms with Gasteiger partial charge < -0.3 is 9.73 Å². The van der Waals surface area contributed by atoms with Crippen molar-refractivity contribution in [3.63, 3.8) is 0 Å². The molecule has 1 N–H and O–H groups in total. The summed E-state index contributed by atoms with van der Waals surface area (Å²) in [6.07, 6.45) is 6.16. The van der Waals surface area contributed by atoms with Crippen molar-refractivity contribution in [3.8, 4) is 5.82 Å². The normalized spacial score (nSPS) is 10.4. The Labute approximate surface area is 125 Å². The van der Waals surface area contributed by atoms with Gasteiger partial charge in [-0.1, -0.05) is 0 Å². The van der Waals surface area contributed by atoms with E-state index < -0.39 is 5.63 Å². The minimum atomic E-state index is -0.502. The monoisotopic (exact) mass is 296 g/mol. The van der Waals surface area contributed by atoms with Gasteiger partial charge in [-0.25, -0.2) is 14.8 Å². The van der Waals surface area contributed by atoms with Gasteiger partial charge in [-0.05, 0) is 25.1 Å². The number of aromatic nitrogens is 3. The molecule has 0 aromatic carbocycles. The first-order chi connectivity index (χ1) is 10.6. The Morgan fingerprint density at radius 2 is 2.09 bits per heavy atom. The molecule has 22 heavy (non-hydrogen) atoms. The summed E-state index contributed by atoms with van der Waals surface area (Å²) >= 11 is 0. The lowest BCUT2D eigenvalue weighted by Crippen LogP contribution is -2.13. The fourth-order valence-corrected chi connectivity index (χ4v) is 1.91. The summed E-state index contributed by atoms with van der Waals surface area (Å²) in [5, 5.41) is 2.68. The number of aryl methyl sites for hydroxylation is 1. The molecule has 0 aliphatic carbocycles. The molecule has 0 atom stereocenters. The first kappa shape index (κ1) is 13.7. The Balaban J connectivity index is 1.76. The number of nitrogens with one attached hydrogen (secondary N) is 1. The highest BCUT2D eigenvalue weighted by Gasteiger charge is 2.08. The van der Waals surface area contributed by atoms with Gasteiger partial charge in [0.1, 0.15) is 17.9 Å². The zero-order valence-corrected chi connectivity index (χ0v) is 11.7. The van der Waals surface area contributed by atoms with Crippen molar-refractivity contribution in [2.45, 2.75) is 6.92 Å². The second-order valence-electron chi connectivity index (χ2n) is 4.55. The number of nitrogens with zero attached hydrogens (tertiary/aromatic N) is 3. The number of hydrogen-bond acceptors (Lipinski definition) is 5. The minimum absolute atomic E-state index is 0.258. The summed E-state index contributed by atoms with van der Waals surface area (Å²) in [5.74, 6) is 1.15. The molecule has 0 radical (unpaired) electrons. The smallest absolute Gasteiger partial charge is 0.335 e. The van der Waals surface area contributed by atoms with Crippen molar-refractivity contribution in [2.24, 2.45) is 0 Å². The van der Waals surface area contributed by atoms with Gasteiger partial charge in [0.2, 0.25) is 0 Å². The average molecular weight is 296 g/mol. The number of anilines is 1. The highest BCUT2D eigenvalue weighted by atomic mass is 16.4. The van der Waals surface area contributed by atoms with Crippen LogP contribution in [0.25, 0.3) is 5.82 Å². The summed E-state index contributed by atoms with van der Waals surface area (Å²) in [6.45, 7) is 1.88. The molecule has 3 heterocycles. The summed E-state index contributed by atoms with van der Waals surface area (Å²) in [5.41, 5.74) is 0.296. The summed E-state index contributed by atoms with van der Waals surface area (Å²) in [7, 11) is 0. The number of rotatable bonds is 3. The molecule has 7 nitrogen and oxygen atoms in total. The molecule has 0 fully saturated rings. The highest BCUT2D eigenvalue weighted by Crippen LogP contribution is 2.12. The number of hydrogen-bond donors (Lipinski definition) is 1. The molecule has 3 aromatic heterocycles. The lowest BCUT2D eigenvalue weighted by molar-refractivity contribution is 0.102. The molecule has 0 unspecified atom stereocenters. The lowest BCUT2D eigenvalue weighted by atomic mass is 10.3. The van der Waals surface area contributed by atoms with Crippen molar-refractivity contribution in [2.75, 3.05) is 5.32 Å². The van der Waals surface area contributed by atoms with Gasteiger partial charge in [0.25, 0.3) is 5.91 Å². The molecular formula is C15H12N4O3. The average Bonchev–Trinajstić information content (AvgIpc) is 2.95. The van der Waals surface area contributed by atoms with Crippen LogP contribution in [0.15, 0.2) is 58.3 Å². The summed E-state index contributed by atoms with van der Waals surface area (Å²) < 4.78 is 6.49. The van der Waals surface area contributed by atoms with Gasteiger partial charge in [0.05, 0.1) is 17.4 Å². The van der Waals surface area contributed by atoms with Crippen molar-refractivity contribution < 1.29 is 9.21 Å². The van der Waals surface area contributed by atoms with E-state index in [2.05, 4.69) is 19.7 Å². The number of carbonyl (C=O) groups excluding carboxylic acids is 1. The molecule has 0 spiro atoms. The van der Waals surface area contributed by atoms with Crippen LogP contribution in [0.1, 0.15) is 16.2 Å². The SMILES string of the molecule is Cc1nccn1-c1ccc(NC(=O)c2ccc(=O)oc2)cn1. The van der Waals surface area contributed by atoms with Crippen LogP contribution in [-0.4, -0.2) is 20.4 Å². The first-order valence-corrected chi connectivity index (χ1v) is 6.50. The van der Waals surface area contributed by atoms with Gasteiger partial charge in [0, 0.05) is 18.5 Å². The molecule has 0 aliphatic rings. The summed E-state index contributed by atoms with van der Waals surface area (Å²) in [6, 6.07) is 6.10. The molecule has 3 aromatic rings. The first-order valence-electron chi connectivity index (χ1n) is 6.50. The van der Waals surface area contributed by atoms with Gasteiger partial charge in [0.15, 0.2) is 0 Å². The number of imidazole rings is 1. The van der Waals surface area contributed by atoms with E-state index in [4.69, 9.17) is 0 Å². The van der Waals surface area contributed by atoms with Crippen molar-refractivity contribution in [3.05, 3.63) is 70.9 Å². The van der Waals surface area contributed by atoms with Crippen molar-refractivity contribution >= 4 is 11.6 Å². The van der Waals surface area contributed by atoms with Gasteiger partial charge in [-0.2, -0.15) is 0 Å². The molecule has 1 amide bonds. The zero-order valence-electron chi connectivity index (χ0n) is 11.7. The Morgan fingerprint density at radius 1 is 1.23 bits per heavy atom. The van der Waals surface area contributed by atoms with E-state index in [1.165, 1.54) is 12.1 Å². The number of carbonyl (C=O) groups is 1. The molecule has 0 saturated carbocycles. The van der Waals surface area contributed by atoms with Gasteiger partial charge >= 0.3 is 5.63 Å². The Morgan fingerprint density at radius 3 is 2.68 bits per heavy atom. The maximum absolute atomic E-state index is 12.0.